The fourth-order valence-electron chi connectivity index (χ4n) is 1.50. The lowest BCUT2D eigenvalue weighted by Crippen LogP contribution is -2.50. The number of benzene rings is 1. The van der Waals surface area contributed by atoms with Gasteiger partial charge in [-0.1, -0.05) is 29.3 Å². The van der Waals surface area contributed by atoms with Gasteiger partial charge in [0, 0.05) is 7.11 Å². The Morgan fingerprint density at radius 3 is 2.47 bits per heavy atom. The summed E-state index contributed by atoms with van der Waals surface area (Å²) in [5.41, 5.74) is -1.29. The minimum absolute atomic E-state index is 0.215. The Hall–Kier alpha value is -1.30. The first-order valence-corrected chi connectivity index (χ1v) is 6.05. The lowest BCUT2D eigenvalue weighted by atomic mass is 9.92. The first-order valence-electron chi connectivity index (χ1n) is 5.30. The van der Waals surface area contributed by atoms with Gasteiger partial charge in [-0.25, -0.2) is 4.79 Å². The maximum Gasteiger partial charge on any atom is 0.333 e. The number of ether oxygens (including phenoxy) is 1. The number of amides is 1. The van der Waals surface area contributed by atoms with E-state index in [1.54, 1.807) is 0 Å². The largest absolute Gasteiger partial charge is 0.479 e. The number of rotatable bonds is 5. The Morgan fingerprint density at radius 2 is 2.00 bits per heavy atom. The Bertz CT molecular complexity index is 507. The number of hydrogen-bond acceptors (Lipinski definition) is 3. The average molecular weight is 306 g/mol. The zero-order valence-electron chi connectivity index (χ0n) is 10.4. The zero-order valence-corrected chi connectivity index (χ0v) is 11.9. The standard InChI is InChI=1S/C12H13Cl2NO4/c1-12(11(17)18,15-10(16)6-19-2)7-3-4-8(13)9(14)5-7/h3-5H,6H2,1-2H3,(H,15,16)(H,17,18). The van der Waals surface area contributed by atoms with Gasteiger partial charge in [-0.15, -0.1) is 0 Å². The van der Waals surface area contributed by atoms with Gasteiger partial charge in [-0.05, 0) is 24.6 Å². The highest BCUT2D eigenvalue weighted by molar-refractivity contribution is 6.42. The van der Waals surface area contributed by atoms with Gasteiger partial charge in [0.2, 0.25) is 5.91 Å². The monoisotopic (exact) mass is 305 g/mol. The maximum atomic E-state index is 11.5. The second-order valence-electron chi connectivity index (χ2n) is 4.04. The predicted molar refractivity (Wildman–Crippen MR) is 71.5 cm³/mol. The van der Waals surface area contributed by atoms with E-state index in [0.29, 0.717) is 10.6 Å². The van der Waals surface area contributed by atoms with Gasteiger partial charge in [0.05, 0.1) is 10.0 Å². The number of carboxylic acid groups (broad SMARTS) is 1. The summed E-state index contributed by atoms with van der Waals surface area (Å²) in [4.78, 5) is 23.0. The Balaban J connectivity index is 3.14. The minimum Gasteiger partial charge on any atom is -0.479 e. The van der Waals surface area contributed by atoms with Crippen LogP contribution in [0.5, 0.6) is 0 Å². The van der Waals surface area contributed by atoms with Gasteiger partial charge in [-0.3, -0.25) is 4.79 Å². The summed E-state index contributed by atoms with van der Waals surface area (Å²) in [6.45, 7) is 1.13. The molecule has 19 heavy (non-hydrogen) atoms. The van der Waals surface area contributed by atoms with Crippen molar-refractivity contribution in [1.29, 1.82) is 0 Å². The molecule has 1 aromatic rings. The van der Waals surface area contributed by atoms with Gasteiger partial charge < -0.3 is 15.2 Å². The lowest BCUT2D eigenvalue weighted by Gasteiger charge is -2.27. The summed E-state index contributed by atoms with van der Waals surface area (Å²) in [5, 5.41) is 12.2. The molecule has 0 aromatic heterocycles. The van der Waals surface area contributed by atoms with Gasteiger partial charge in [-0.2, -0.15) is 0 Å². The lowest BCUT2D eigenvalue weighted by molar-refractivity contribution is -0.148. The van der Waals surface area contributed by atoms with Gasteiger partial charge in [0.25, 0.3) is 0 Å². The molecule has 1 atom stereocenters. The van der Waals surface area contributed by atoms with Crippen LogP contribution >= 0.6 is 23.2 Å². The van der Waals surface area contributed by atoms with E-state index in [1.165, 1.54) is 32.2 Å². The number of carbonyl (C=O) groups excluding carboxylic acids is 1. The van der Waals surface area contributed by atoms with Crippen molar-refractivity contribution >= 4 is 35.1 Å². The van der Waals surface area contributed by atoms with Crippen molar-refractivity contribution in [3.63, 3.8) is 0 Å². The van der Waals surface area contributed by atoms with Crippen molar-refractivity contribution in [3.8, 4) is 0 Å². The number of hydrogen-bond donors (Lipinski definition) is 2. The number of nitrogens with one attached hydrogen (secondary N) is 1. The first kappa shape index (κ1) is 15.8. The van der Waals surface area contributed by atoms with E-state index < -0.39 is 17.4 Å². The van der Waals surface area contributed by atoms with Gasteiger partial charge >= 0.3 is 5.97 Å². The van der Waals surface area contributed by atoms with Crippen molar-refractivity contribution in [2.75, 3.05) is 13.7 Å². The van der Waals surface area contributed by atoms with Crippen LogP contribution in [0.15, 0.2) is 18.2 Å². The highest BCUT2D eigenvalue weighted by atomic mass is 35.5. The molecule has 0 aliphatic heterocycles. The SMILES string of the molecule is COCC(=O)NC(C)(C(=O)O)c1ccc(Cl)c(Cl)c1. The number of carbonyl (C=O) groups is 2. The van der Waals surface area contributed by atoms with E-state index in [-0.39, 0.29) is 11.6 Å². The van der Waals surface area contributed by atoms with Crippen LogP contribution in [0.2, 0.25) is 10.0 Å². The zero-order chi connectivity index (χ0) is 14.6. The molecule has 2 N–H and O–H groups in total. The number of methoxy groups -OCH3 is 1. The van der Waals surface area contributed by atoms with Gasteiger partial charge in [0.1, 0.15) is 6.61 Å². The van der Waals surface area contributed by atoms with Crippen LogP contribution in [0.3, 0.4) is 0 Å². The van der Waals surface area contributed by atoms with E-state index in [0.717, 1.165) is 0 Å². The molecular formula is C12H13Cl2NO4. The average Bonchev–Trinajstić information content (AvgIpc) is 2.32. The molecule has 1 unspecified atom stereocenters. The first-order chi connectivity index (χ1) is 8.81. The summed E-state index contributed by atoms with van der Waals surface area (Å²) in [7, 11) is 1.34. The van der Waals surface area contributed by atoms with E-state index >= 15 is 0 Å². The second-order valence-corrected chi connectivity index (χ2v) is 4.85. The molecular weight excluding hydrogens is 293 g/mol. The van der Waals surface area contributed by atoms with E-state index in [9.17, 15) is 14.7 Å². The van der Waals surface area contributed by atoms with Crippen molar-refractivity contribution < 1.29 is 19.4 Å². The fraction of sp³-hybridized carbons (Fsp3) is 0.333. The third-order valence-corrected chi connectivity index (χ3v) is 3.33. The predicted octanol–water partition coefficient (Wildman–Crippen LogP) is 2.06. The highest BCUT2D eigenvalue weighted by Crippen LogP contribution is 2.29. The molecule has 1 rings (SSSR count). The van der Waals surface area contributed by atoms with E-state index in [1.807, 2.05) is 0 Å². The fourth-order valence-corrected chi connectivity index (χ4v) is 1.80. The van der Waals surface area contributed by atoms with Gasteiger partial charge in [0.15, 0.2) is 5.54 Å². The summed E-state index contributed by atoms with van der Waals surface area (Å²) in [5.74, 6) is -1.76. The van der Waals surface area contributed by atoms with Crippen LogP contribution in [0, 0.1) is 0 Å². The van der Waals surface area contributed by atoms with Crippen molar-refractivity contribution in [2.45, 2.75) is 12.5 Å². The molecule has 104 valence electrons. The van der Waals surface area contributed by atoms with Crippen molar-refractivity contribution in [2.24, 2.45) is 0 Å². The molecule has 0 fully saturated rings. The minimum atomic E-state index is -1.61. The van der Waals surface area contributed by atoms with Crippen LogP contribution in [-0.2, 0) is 19.9 Å². The highest BCUT2D eigenvalue weighted by Gasteiger charge is 2.37. The molecule has 0 heterocycles. The molecule has 0 aliphatic carbocycles. The van der Waals surface area contributed by atoms with E-state index in [4.69, 9.17) is 23.2 Å². The van der Waals surface area contributed by atoms with Crippen LogP contribution in [0.25, 0.3) is 0 Å². The topological polar surface area (TPSA) is 75.6 Å². The van der Waals surface area contributed by atoms with Crippen LogP contribution in [0.1, 0.15) is 12.5 Å². The normalized spacial score (nSPS) is 13.7. The second kappa shape index (κ2) is 6.23. The molecule has 1 amide bonds. The summed E-state index contributed by atoms with van der Waals surface area (Å²) in [6, 6.07) is 4.38. The maximum absolute atomic E-state index is 11.5. The van der Waals surface area contributed by atoms with Crippen molar-refractivity contribution in [3.05, 3.63) is 33.8 Å². The summed E-state index contributed by atoms with van der Waals surface area (Å²) in [6.07, 6.45) is 0. The Morgan fingerprint density at radius 1 is 1.37 bits per heavy atom. The molecule has 1 aromatic carbocycles. The smallest absolute Gasteiger partial charge is 0.333 e. The Kier molecular flexibility index (Phi) is 5.17. The molecule has 5 nitrogen and oxygen atoms in total. The summed E-state index contributed by atoms with van der Waals surface area (Å²) < 4.78 is 4.66. The molecule has 0 bridgehead atoms. The molecule has 0 aliphatic rings. The molecule has 0 saturated carbocycles. The quantitative estimate of drug-likeness (QED) is 0.873. The van der Waals surface area contributed by atoms with Crippen LogP contribution in [0.4, 0.5) is 0 Å². The number of halogens is 2. The van der Waals surface area contributed by atoms with Crippen molar-refractivity contribution in [1.82, 2.24) is 5.32 Å². The summed E-state index contributed by atoms with van der Waals surface area (Å²) >= 11 is 11.6. The van der Waals surface area contributed by atoms with Crippen LogP contribution < -0.4 is 5.32 Å². The molecule has 7 heteroatoms. The molecule has 0 saturated heterocycles. The number of aliphatic carboxylic acids is 1. The molecule has 0 radical (unpaired) electrons. The third kappa shape index (κ3) is 3.59. The third-order valence-electron chi connectivity index (χ3n) is 2.59. The Labute approximate surface area is 120 Å². The van der Waals surface area contributed by atoms with E-state index in [2.05, 4.69) is 10.1 Å². The molecule has 0 spiro atoms. The van der Waals surface area contributed by atoms with Crippen LogP contribution in [-0.4, -0.2) is 30.7 Å². The number of carboxylic acids is 1.